The number of nitriles is 1. The summed E-state index contributed by atoms with van der Waals surface area (Å²) < 4.78 is 0.979. The number of rotatable bonds is 7. The number of nitrogens with one attached hydrogen (secondary N) is 2. The van der Waals surface area contributed by atoms with Crippen molar-refractivity contribution in [2.45, 2.75) is 12.6 Å². The van der Waals surface area contributed by atoms with Gasteiger partial charge in [-0.1, -0.05) is 88.7 Å². The summed E-state index contributed by atoms with van der Waals surface area (Å²) in [6, 6.07) is 28.9. The Morgan fingerprint density at radius 1 is 0.966 bits per heavy atom. The van der Waals surface area contributed by atoms with Gasteiger partial charge in [-0.15, -0.1) is 0 Å². The monoisotopic (exact) mass is 445 g/mol. The SMILES string of the molecule is N#C/C(=C/NCc1cccc(Br)c1)C(=O)NC(c1ccccc1)c1ccccc1. The molecule has 29 heavy (non-hydrogen) atoms. The molecule has 0 unspecified atom stereocenters. The summed E-state index contributed by atoms with van der Waals surface area (Å²) in [6.45, 7) is 0.513. The molecule has 0 fully saturated rings. The van der Waals surface area contributed by atoms with E-state index >= 15 is 0 Å². The number of carbonyl (C=O) groups excluding carboxylic acids is 1. The first-order chi connectivity index (χ1) is 14.2. The fourth-order valence-electron chi connectivity index (χ4n) is 2.93. The highest BCUT2D eigenvalue weighted by molar-refractivity contribution is 9.10. The van der Waals surface area contributed by atoms with Crippen LogP contribution in [0.2, 0.25) is 0 Å². The van der Waals surface area contributed by atoms with Gasteiger partial charge in [0.1, 0.15) is 11.6 Å². The Hall–Kier alpha value is -3.36. The maximum atomic E-state index is 12.8. The minimum absolute atomic E-state index is 0.0249. The third-order valence-corrected chi connectivity index (χ3v) is 4.84. The van der Waals surface area contributed by atoms with Crippen molar-refractivity contribution < 1.29 is 4.79 Å². The van der Waals surface area contributed by atoms with Crippen LogP contribution in [0.25, 0.3) is 0 Å². The highest BCUT2D eigenvalue weighted by Crippen LogP contribution is 2.22. The van der Waals surface area contributed by atoms with Gasteiger partial charge in [0.05, 0.1) is 6.04 Å². The van der Waals surface area contributed by atoms with E-state index in [9.17, 15) is 10.1 Å². The van der Waals surface area contributed by atoms with Crippen molar-refractivity contribution >= 4 is 21.8 Å². The maximum Gasteiger partial charge on any atom is 0.264 e. The molecule has 0 heterocycles. The van der Waals surface area contributed by atoms with Crippen LogP contribution in [0.1, 0.15) is 22.7 Å². The van der Waals surface area contributed by atoms with Crippen LogP contribution in [0.5, 0.6) is 0 Å². The molecule has 0 radical (unpaired) electrons. The lowest BCUT2D eigenvalue weighted by Gasteiger charge is -2.19. The van der Waals surface area contributed by atoms with Gasteiger partial charge in [0, 0.05) is 17.2 Å². The molecule has 3 aromatic carbocycles. The first-order valence-electron chi connectivity index (χ1n) is 9.16. The van der Waals surface area contributed by atoms with Gasteiger partial charge in [-0.05, 0) is 28.8 Å². The van der Waals surface area contributed by atoms with Crippen molar-refractivity contribution in [1.82, 2.24) is 10.6 Å². The maximum absolute atomic E-state index is 12.8. The molecule has 0 spiro atoms. The molecule has 0 aliphatic carbocycles. The second-order valence-corrected chi connectivity index (χ2v) is 7.32. The second kappa shape index (κ2) is 10.3. The smallest absolute Gasteiger partial charge is 0.264 e. The molecular weight excluding hydrogens is 426 g/mol. The van der Waals surface area contributed by atoms with E-state index in [0.717, 1.165) is 21.2 Å². The minimum atomic E-state index is -0.424. The predicted octanol–water partition coefficient (Wildman–Crippen LogP) is 4.85. The van der Waals surface area contributed by atoms with Gasteiger partial charge in [-0.3, -0.25) is 4.79 Å². The summed E-state index contributed by atoms with van der Waals surface area (Å²) in [4.78, 5) is 12.8. The Morgan fingerprint density at radius 3 is 2.14 bits per heavy atom. The van der Waals surface area contributed by atoms with Crippen LogP contribution in [-0.2, 0) is 11.3 Å². The summed E-state index contributed by atoms with van der Waals surface area (Å²) >= 11 is 3.43. The largest absolute Gasteiger partial charge is 0.386 e. The summed E-state index contributed by atoms with van der Waals surface area (Å²) in [5.74, 6) is -0.424. The summed E-state index contributed by atoms with van der Waals surface area (Å²) in [7, 11) is 0. The number of halogens is 1. The van der Waals surface area contributed by atoms with Crippen LogP contribution in [0.3, 0.4) is 0 Å². The lowest BCUT2D eigenvalue weighted by atomic mass is 9.98. The highest BCUT2D eigenvalue weighted by atomic mass is 79.9. The average Bonchev–Trinajstić information content (AvgIpc) is 2.76. The zero-order valence-electron chi connectivity index (χ0n) is 15.7. The molecule has 0 saturated carbocycles. The third-order valence-electron chi connectivity index (χ3n) is 4.35. The molecule has 0 aliphatic heterocycles. The highest BCUT2D eigenvalue weighted by Gasteiger charge is 2.19. The summed E-state index contributed by atoms with van der Waals surface area (Å²) in [5, 5.41) is 15.5. The van der Waals surface area contributed by atoms with Crippen LogP contribution in [0, 0.1) is 11.3 Å². The summed E-state index contributed by atoms with van der Waals surface area (Å²) in [5.41, 5.74) is 2.97. The van der Waals surface area contributed by atoms with E-state index in [-0.39, 0.29) is 11.6 Å². The number of nitrogens with zero attached hydrogens (tertiary/aromatic N) is 1. The van der Waals surface area contributed by atoms with E-state index in [0.29, 0.717) is 6.54 Å². The molecule has 3 aromatic rings. The fraction of sp³-hybridized carbons (Fsp3) is 0.0833. The standard InChI is InChI=1S/C24H20BrN3O/c25-22-13-7-8-18(14-22)16-27-17-21(15-26)24(29)28-23(19-9-3-1-4-10-19)20-11-5-2-6-12-20/h1-14,17,23,27H,16H2,(H,28,29)/b21-17-. The van der Waals surface area contributed by atoms with Crippen molar-refractivity contribution in [1.29, 1.82) is 5.26 Å². The van der Waals surface area contributed by atoms with Gasteiger partial charge in [0.15, 0.2) is 0 Å². The first kappa shape index (κ1) is 20.4. The number of hydrogen-bond donors (Lipinski definition) is 2. The van der Waals surface area contributed by atoms with Gasteiger partial charge in [0.2, 0.25) is 0 Å². The first-order valence-corrected chi connectivity index (χ1v) is 9.95. The zero-order valence-corrected chi connectivity index (χ0v) is 17.3. The fourth-order valence-corrected chi connectivity index (χ4v) is 3.37. The second-order valence-electron chi connectivity index (χ2n) is 6.41. The van der Waals surface area contributed by atoms with Gasteiger partial charge < -0.3 is 10.6 Å². The molecule has 0 aliphatic rings. The third kappa shape index (κ3) is 5.81. The molecule has 5 heteroatoms. The molecule has 2 N–H and O–H groups in total. The zero-order chi connectivity index (χ0) is 20.5. The van der Waals surface area contributed by atoms with Crippen molar-refractivity contribution in [2.24, 2.45) is 0 Å². The van der Waals surface area contributed by atoms with E-state index in [1.54, 1.807) is 0 Å². The molecule has 0 atom stereocenters. The minimum Gasteiger partial charge on any atom is -0.386 e. The van der Waals surface area contributed by atoms with Crippen molar-refractivity contribution in [2.75, 3.05) is 0 Å². The number of benzene rings is 3. The Kier molecular flexibility index (Phi) is 7.21. The Bertz CT molecular complexity index is 987. The molecule has 1 amide bonds. The predicted molar refractivity (Wildman–Crippen MR) is 118 cm³/mol. The van der Waals surface area contributed by atoms with E-state index in [4.69, 9.17) is 0 Å². The van der Waals surface area contributed by atoms with Gasteiger partial charge >= 0.3 is 0 Å². The normalized spacial score (nSPS) is 11.0. The molecule has 0 bridgehead atoms. The molecule has 3 rings (SSSR count). The number of amides is 1. The van der Waals surface area contributed by atoms with Crippen molar-refractivity contribution in [3.8, 4) is 6.07 Å². The van der Waals surface area contributed by atoms with Crippen LogP contribution in [0.15, 0.2) is 101 Å². The Morgan fingerprint density at radius 2 is 1.59 bits per heavy atom. The van der Waals surface area contributed by atoms with Crippen LogP contribution in [0.4, 0.5) is 0 Å². The molecule has 144 valence electrons. The number of carbonyl (C=O) groups is 1. The average molecular weight is 446 g/mol. The number of hydrogen-bond acceptors (Lipinski definition) is 3. The molecular formula is C24H20BrN3O. The van der Waals surface area contributed by atoms with Gasteiger partial charge in [0.25, 0.3) is 5.91 Å². The Balaban J connectivity index is 1.74. The molecule has 0 saturated heterocycles. The van der Waals surface area contributed by atoms with Gasteiger partial charge in [-0.2, -0.15) is 5.26 Å². The van der Waals surface area contributed by atoms with E-state index < -0.39 is 5.91 Å². The lowest BCUT2D eigenvalue weighted by Crippen LogP contribution is -2.30. The van der Waals surface area contributed by atoms with Gasteiger partial charge in [-0.25, -0.2) is 0 Å². The van der Waals surface area contributed by atoms with Crippen molar-refractivity contribution in [3.63, 3.8) is 0 Å². The Labute approximate surface area is 179 Å². The van der Waals surface area contributed by atoms with Crippen molar-refractivity contribution in [3.05, 3.63) is 118 Å². The summed E-state index contributed by atoms with van der Waals surface area (Å²) in [6.07, 6.45) is 1.46. The quantitative estimate of drug-likeness (QED) is 0.403. The van der Waals surface area contributed by atoms with Crippen LogP contribution < -0.4 is 10.6 Å². The topological polar surface area (TPSA) is 64.9 Å². The molecule has 4 nitrogen and oxygen atoms in total. The van der Waals surface area contributed by atoms with E-state index in [1.165, 1.54) is 6.20 Å². The molecule has 0 aromatic heterocycles. The van der Waals surface area contributed by atoms with Crippen LogP contribution in [-0.4, -0.2) is 5.91 Å². The van der Waals surface area contributed by atoms with Crippen LogP contribution >= 0.6 is 15.9 Å². The lowest BCUT2D eigenvalue weighted by molar-refractivity contribution is -0.117. The van der Waals surface area contributed by atoms with E-state index in [2.05, 4.69) is 26.6 Å². The van der Waals surface area contributed by atoms with E-state index in [1.807, 2.05) is 91.0 Å².